The van der Waals surface area contributed by atoms with E-state index < -0.39 is 97.5 Å². The molecule has 3 N–H and O–H groups in total. The number of carbonyl (C=O) groups is 4. The van der Waals surface area contributed by atoms with Gasteiger partial charge in [0.1, 0.15) is 19.3 Å². The summed E-state index contributed by atoms with van der Waals surface area (Å²) in [5.74, 6) is 0.956. The summed E-state index contributed by atoms with van der Waals surface area (Å²) in [6.45, 7) is 14.2. The summed E-state index contributed by atoms with van der Waals surface area (Å²) in [7, 11) is -9.91. The molecule has 0 spiro atoms. The van der Waals surface area contributed by atoms with Crippen LogP contribution < -0.4 is 0 Å². The lowest BCUT2D eigenvalue weighted by molar-refractivity contribution is -0.161. The predicted molar refractivity (Wildman–Crippen MR) is 377 cm³/mol. The number of hydrogen-bond acceptors (Lipinski definition) is 15. The summed E-state index contributed by atoms with van der Waals surface area (Å²) in [5.41, 5.74) is 0. The zero-order chi connectivity index (χ0) is 68.9. The summed E-state index contributed by atoms with van der Waals surface area (Å²) >= 11 is 0. The predicted octanol–water partition coefficient (Wildman–Crippen LogP) is 21.3. The first-order valence-electron chi connectivity index (χ1n) is 38.3. The fraction of sp³-hybridized carbons (Fsp3) is 0.946. The molecule has 0 aliphatic rings. The van der Waals surface area contributed by atoms with Crippen LogP contribution >= 0.6 is 15.6 Å². The third kappa shape index (κ3) is 65.8. The molecule has 0 aromatic rings. The van der Waals surface area contributed by atoms with Gasteiger partial charge in [-0.05, 0) is 49.4 Å². The molecule has 0 bridgehead atoms. The van der Waals surface area contributed by atoms with Gasteiger partial charge in [-0.2, -0.15) is 0 Å². The first-order chi connectivity index (χ1) is 44.7. The van der Waals surface area contributed by atoms with Crippen molar-refractivity contribution in [3.8, 4) is 0 Å². The van der Waals surface area contributed by atoms with Gasteiger partial charge in [0.2, 0.25) is 0 Å². The van der Waals surface area contributed by atoms with E-state index in [1.54, 1.807) is 0 Å². The molecule has 7 atom stereocenters. The Kier molecular flexibility index (Phi) is 62.2. The van der Waals surface area contributed by atoms with Gasteiger partial charge in [0.25, 0.3) is 0 Å². The quantitative estimate of drug-likeness (QED) is 0.0222. The average Bonchev–Trinajstić information content (AvgIpc) is 2.16. The van der Waals surface area contributed by atoms with Gasteiger partial charge < -0.3 is 33.8 Å². The Morgan fingerprint density at radius 1 is 0.301 bits per heavy atom. The lowest BCUT2D eigenvalue weighted by Crippen LogP contribution is -2.30. The van der Waals surface area contributed by atoms with E-state index in [4.69, 9.17) is 37.0 Å². The van der Waals surface area contributed by atoms with Crippen molar-refractivity contribution in [2.45, 2.75) is 388 Å². The standard InChI is InChI=1S/C74H144O17P2/c1-9-66(7)52-44-36-28-20-15-13-11-12-14-16-21-31-40-48-56-73(78)91-70(61-85-72(77)55-47-39-33-25-27-35-43-51-65(5)6)63-89-93(82,83)87-59-68(75)58-86-92(80,81)88-62-69(60-84-71(76)54-46-38-30-24-23-29-37-45-53-67(8)10-2)90-74(79)57-49-41-32-22-18-17-19-26-34-42-50-64(3)4/h64-70,75H,9-63H2,1-8H3,(H,80,81)(H,82,83)/t66?,67?,68?,69-,70-/m1/s1. The van der Waals surface area contributed by atoms with Crippen LogP contribution in [0, 0.1) is 23.7 Å². The molecule has 0 saturated carbocycles. The number of unbranched alkanes of at least 4 members (excludes halogenated alkanes) is 35. The zero-order valence-electron chi connectivity index (χ0n) is 60.9. The smallest absolute Gasteiger partial charge is 0.462 e. The van der Waals surface area contributed by atoms with Crippen molar-refractivity contribution in [3.63, 3.8) is 0 Å². The van der Waals surface area contributed by atoms with Crippen LogP contribution in [0.15, 0.2) is 0 Å². The van der Waals surface area contributed by atoms with E-state index in [1.165, 1.54) is 167 Å². The van der Waals surface area contributed by atoms with Crippen molar-refractivity contribution in [2.75, 3.05) is 39.6 Å². The molecule has 552 valence electrons. The van der Waals surface area contributed by atoms with Crippen molar-refractivity contribution < 1.29 is 80.2 Å². The van der Waals surface area contributed by atoms with Gasteiger partial charge in [0.05, 0.1) is 26.4 Å². The number of esters is 4. The molecule has 0 radical (unpaired) electrons. The number of rotatable bonds is 71. The second-order valence-corrected chi connectivity index (χ2v) is 31.0. The molecule has 93 heavy (non-hydrogen) atoms. The van der Waals surface area contributed by atoms with E-state index in [1.807, 2.05) is 0 Å². The molecule has 0 aliphatic heterocycles. The molecule has 0 aromatic carbocycles. The third-order valence-electron chi connectivity index (χ3n) is 17.8. The molecule has 5 unspecified atom stereocenters. The SMILES string of the molecule is CCC(C)CCCCCCCCCCCCCCCCC(=O)O[C@H](COC(=O)CCCCCCCCCC(C)C)COP(=O)(O)OCC(O)COP(=O)(O)OC[C@@H](COC(=O)CCCCCCCCCCC(C)CC)OC(=O)CCCCCCCCCCCCC(C)C. The van der Waals surface area contributed by atoms with Crippen molar-refractivity contribution in [2.24, 2.45) is 23.7 Å². The van der Waals surface area contributed by atoms with Gasteiger partial charge in [-0.25, -0.2) is 9.13 Å². The minimum absolute atomic E-state index is 0.105. The average molecular weight is 1370 g/mol. The Labute approximate surface area is 568 Å². The van der Waals surface area contributed by atoms with Crippen LogP contribution in [0.5, 0.6) is 0 Å². The van der Waals surface area contributed by atoms with Gasteiger partial charge in [0.15, 0.2) is 12.2 Å². The van der Waals surface area contributed by atoms with Crippen molar-refractivity contribution >= 4 is 39.5 Å². The van der Waals surface area contributed by atoms with Crippen molar-refractivity contribution in [1.82, 2.24) is 0 Å². The first-order valence-corrected chi connectivity index (χ1v) is 41.3. The first kappa shape index (κ1) is 91.1. The number of hydrogen-bond donors (Lipinski definition) is 3. The van der Waals surface area contributed by atoms with Gasteiger partial charge >= 0.3 is 39.5 Å². The number of aliphatic hydroxyl groups is 1. The van der Waals surface area contributed by atoms with Gasteiger partial charge in [0, 0.05) is 25.7 Å². The van der Waals surface area contributed by atoms with Crippen LogP contribution in [0.25, 0.3) is 0 Å². The highest BCUT2D eigenvalue weighted by Gasteiger charge is 2.30. The third-order valence-corrected chi connectivity index (χ3v) is 19.7. The van der Waals surface area contributed by atoms with Crippen molar-refractivity contribution in [1.29, 1.82) is 0 Å². The van der Waals surface area contributed by atoms with Gasteiger partial charge in [-0.15, -0.1) is 0 Å². The molecule has 19 heteroatoms. The molecule has 0 rings (SSSR count). The maximum Gasteiger partial charge on any atom is 0.472 e. The lowest BCUT2D eigenvalue weighted by Gasteiger charge is -2.21. The zero-order valence-corrected chi connectivity index (χ0v) is 62.7. The topological polar surface area (TPSA) is 237 Å². The molecule has 0 amide bonds. The highest BCUT2D eigenvalue weighted by molar-refractivity contribution is 7.47. The molecular weight excluding hydrogens is 1220 g/mol. The summed E-state index contributed by atoms with van der Waals surface area (Å²) in [4.78, 5) is 72.7. The van der Waals surface area contributed by atoms with Crippen LogP contribution in [0.1, 0.15) is 370 Å². The Balaban J connectivity index is 5.24. The highest BCUT2D eigenvalue weighted by atomic mass is 31.2. The Morgan fingerprint density at radius 2 is 0.516 bits per heavy atom. The number of carbonyl (C=O) groups excluding carboxylic acids is 4. The fourth-order valence-corrected chi connectivity index (χ4v) is 12.7. The van der Waals surface area contributed by atoms with Crippen LogP contribution in [0.4, 0.5) is 0 Å². The summed E-state index contributed by atoms with van der Waals surface area (Å²) in [6.07, 6.45) is 47.1. The molecular formula is C74H144O17P2. The number of aliphatic hydroxyl groups excluding tert-OH is 1. The lowest BCUT2D eigenvalue weighted by atomic mass is 9.99. The minimum Gasteiger partial charge on any atom is -0.462 e. The summed E-state index contributed by atoms with van der Waals surface area (Å²) in [6, 6.07) is 0. The summed E-state index contributed by atoms with van der Waals surface area (Å²) < 4.78 is 68.4. The maximum atomic E-state index is 13.0. The van der Waals surface area contributed by atoms with E-state index in [2.05, 4.69) is 55.4 Å². The fourth-order valence-electron chi connectivity index (χ4n) is 11.1. The number of ether oxygens (including phenoxy) is 4. The second-order valence-electron chi connectivity index (χ2n) is 28.1. The van der Waals surface area contributed by atoms with Crippen LogP contribution in [-0.4, -0.2) is 96.7 Å². The number of phosphoric acid groups is 2. The van der Waals surface area contributed by atoms with Crippen LogP contribution in [0.3, 0.4) is 0 Å². The van der Waals surface area contributed by atoms with Gasteiger partial charge in [-0.1, -0.05) is 319 Å². The monoisotopic (exact) mass is 1370 g/mol. The molecule has 17 nitrogen and oxygen atoms in total. The van der Waals surface area contributed by atoms with Crippen molar-refractivity contribution in [3.05, 3.63) is 0 Å². The number of phosphoric ester groups is 2. The van der Waals surface area contributed by atoms with E-state index in [9.17, 15) is 43.2 Å². The largest absolute Gasteiger partial charge is 0.472 e. The highest BCUT2D eigenvalue weighted by Crippen LogP contribution is 2.45. The van der Waals surface area contributed by atoms with Crippen LogP contribution in [-0.2, 0) is 65.4 Å². The Hall–Kier alpha value is -1.94. The summed E-state index contributed by atoms with van der Waals surface area (Å²) in [5, 5.41) is 10.6. The maximum absolute atomic E-state index is 13.0. The molecule has 0 saturated heterocycles. The second kappa shape index (κ2) is 63.5. The van der Waals surface area contributed by atoms with E-state index in [0.717, 1.165) is 114 Å². The van der Waals surface area contributed by atoms with Crippen LogP contribution in [0.2, 0.25) is 0 Å². The Bertz CT molecular complexity index is 1840. The van der Waals surface area contributed by atoms with E-state index in [-0.39, 0.29) is 25.7 Å². The molecule has 0 heterocycles. The Morgan fingerprint density at radius 3 is 0.763 bits per heavy atom. The molecule has 0 aromatic heterocycles. The minimum atomic E-state index is -4.96. The van der Waals surface area contributed by atoms with E-state index >= 15 is 0 Å². The van der Waals surface area contributed by atoms with Gasteiger partial charge in [-0.3, -0.25) is 37.3 Å². The normalized spacial score (nSPS) is 14.8. The molecule has 0 aliphatic carbocycles. The molecule has 0 fully saturated rings. The van der Waals surface area contributed by atoms with E-state index in [0.29, 0.717) is 31.6 Å².